The number of benzene rings is 1. The van der Waals surface area contributed by atoms with Crippen molar-refractivity contribution in [2.75, 3.05) is 30.9 Å². The van der Waals surface area contributed by atoms with Crippen LogP contribution < -0.4 is 5.32 Å². The van der Waals surface area contributed by atoms with Gasteiger partial charge in [0.2, 0.25) is 0 Å². The summed E-state index contributed by atoms with van der Waals surface area (Å²) >= 11 is 1.76. The van der Waals surface area contributed by atoms with E-state index in [1.54, 1.807) is 11.8 Å². The number of aryl methyl sites for hydroxylation is 1. The average Bonchev–Trinajstić information content (AvgIpc) is 2.44. The maximum absolute atomic E-state index is 12.7. The van der Waals surface area contributed by atoms with Crippen LogP contribution in [-0.2, 0) is 0 Å². The van der Waals surface area contributed by atoms with Crippen LogP contribution in [0.25, 0.3) is 0 Å². The predicted molar refractivity (Wildman–Crippen MR) is 89.9 cm³/mol. The first-order chi connectivity index (χ1) is 9.51. The fraction of sp³-hybridized carbons (Fsp3) is 0.562. The maximum atomic E-state index is 12.7. The third-order valence-corrected chi connectivity index (χ3v) is 4.18. The van der Waals surface area contributed by atoms with Gasteiger partial charge in [0.1, 0.15) is 0 Å². The van der Waals surface area contributed by atoms with Crippen LogP contribution in [0, 0.1) is 6.92 Å². The number of carbonyl (C=O) groups is 1. The molecule has 0 heterocycles. The van der Waals surface area contributed by atoms with Crippen molar-refractivity contribution in [3.8, 4) is 0 Å². The Kier molecular flexibility index (Phi) is 6.93. The Balaban J connectivity index is 2.97. The van der Waals surface area contributed by atoms with Gasteiger partial charge in [0.15, 0.2) is 0 Å². The Morgan fingerprint density at radius 3 is 2.75 bits per heavy atom. The molecular weight excluding hydrogens is 268 g/mol. The molecular formula is C16H26N2OS. The van der Waals surface area contributed by atoms with E-state index in [2.05, 4.69) is 25.4 Å². The van der Waals surface area contributed by atoms with Crippen molar-refractivity contribution in [2.45, 2.75) is 33.2 Å². The molecule has 0 radical (unpaired) electrons. The summed E-state index contributed by atoms with van der Waals surface area (Å²) in [5.74, 6) is 1.04. The van der Waals surface area contributed by atoms with E-state index in [1.807, 2.05) is 37.1 Å². The van der Waals surface area contributed by atoms with E-state index < -0.39 is 0 Å². The van der Waals surface area contributed by atoms with E-state index in [-0.39, 0.29) is 11.9 Å². The Morgan fingerprint density at radius 2 is 2.15 bits per heavy atom. The average molecular weight is 294 g/mol. The van der Waals surface area contributed by atoms with Crippen molar-refractivity contribution in [1.29, 1.82) is 0 Å². The third kappa shape index (κ3) is 4.44. The van der Waals surface area contributed by atoms with Crippen molar-refractivity contribution in [3.05, 3.63) is 29.3 Å². The number of carbonyl (C=O) groups excluding carboxylic acids is 1. The van der Waals surface area contributed by atoms with Gasteiger partial charge >= 0.3 is 0 Å². The summed E-state index contributed by atoms with van der Waals surface area (Å²) < 4.78 is 0. The molecule has 112 valence electrons. The molecule has 0 saturated heterocycles. The summed E-state index contributed by atoms with van der Waals surface area (Å²) in [5.41, 5.74) is 2.82. The van der Waals surface area contributed by atoms with Gasteiger partial charge in [0.25, 0.3) is 5.91 Å². The highest BCUT2D eigenvalue weighted by Crippen LogP contribution is 2.20. The van der Waals surface area contributed by atoms with E-state index in [1.165, 1.54) is 0 Å². The Labute approximate surface area is 127 Å². The molecule has 0 bridgehead atoms. The lowest BCUT2D eigenvalue weighted by atomic mass is 10.1. The molecule has 0 aliphatic carbocycles. The van der Waals surface area contributed by atoms with Crippen LogP contribution in [-0.4, -0.2) is 42.4 Å². The van der Waals surface area contributed by atoms with Crippen molar-refractivity contribution in [1.82, 2.24) is 4.90 Å². The van der Waals surface area contributed by atoms with E-state index in [4.69, 9.17) is 0 Å². The minimum absolute atomic E-state index is 0.0915. The molecule has 1 aromatic rings. The quantitative estimate of drug-likeness (QED) is 0.833. The first-order valence-electron chi connectivity index (χ1n) is 7.11. The van der Waals surface area contributed by atoms with Crippen LogP contribution in [0.4, 0.5) is 5.69 Å². The van der Waals surface area contributed by atoms with Crippen LogP contribution in [0.5, 0.6) is 0 Å². The fourth-order valence-electron chi connectivity index (χ4n) is 1.99. The van der Waals surface area contributed by atoms with Crippen molar-refractivity contribution < 1.29 is 4.79 Å². The minimum atomic E-state index is 0.0915. The largest absolute Gasteiger partial charge is 0.384 e. The summed E-state index contributed by atoms with van der Waals surface area (Å²) in [5, 5.41) is 3.34. The van der Waals surface area contributed by atoms with Gasteiger partial charge in [-0.25, -0.2) is 0 Å². The second kappa shape index (κ2) is 8.20. The molecule has 3 nitrogen and oxygen atoms in total. The number of anilines is 1. The van der Waals surface area contributed by atoms with Crippen LogP contribution >= 0.6 is 11.8 Å². The second-order valence-corrected chi connectivity index (χ2v) is 6.11. The smallest absolute Gasteiger partial charge is 0.255 e. The molecule has 1 N–H and O–H groups in total. The lowest BCUT2D eigenvalue weighted by Gasteiger charge is -2.25. The van der Waals surface area contributed by atoms with Crippen LogP contribution in [0.3, 0.4) is 0 Å². The first-order valence-corrected chi connectivity index (χ1v) is 8.51. The van der Waals surface area contributed by atoms with E-state index in [9.17, 15) is 4.79 Å². The standard InChI is InChI=1S/C16H26N2OS/c1-6-9-17-15-8-7-12(2)10-14(15)16(19)18(4)13(3)11-20-5/h7-8,10,13,17H,6,9,11H2,1-5H3. The van der Waals surface area contributed by atoms with Gasteiger partial charge in [-0.1, -0.05) is 18.6 Å². The predicted octanol–water partition coefficient (Wildman–Crippen LogP) is 3.64. The Hall–Kier alpha value is -1.16. The topological polar surface area (TPSA) is 32.3 Å². The van der Waals surface area contributed by atoms with Gasteiger partial charge in [-0.3, -0.25) is 4.79 Å². The number of nitrogens with zero attached hydrogens (tertiary/aromatic N) is 1. The van der Waals surface area contributed by atoms with Crippen molar-refractivity contribution >= 4 is 23.4 Å². The second-order valence-electron chi connectivity index (χ2n) is 5.20. The van der Waals surface area contributed by atoms with Crippen molar-refractivity contribution in [2.24, 2.45) is 0 Å². The summed E-state index contributed by atoms with van der Waals surface area (Å²) in [4.78, 5) is 14.5. The molecule has 1 unspecified atom stereocenters. The fourth-order valence-corrected chi connectivity index (χ4v) is 2.70. The zero-order valence-electron chi connectivity index (χ0n) is 13.2. The molecule has 1 amide bonds. The van der Waals surface area contributed by atoms with Gasteiger partial charge in [0, 0.05) is 31.1 Å². The lowest BCUT2D eigenvalue weighted by Crippen LogP contribution is -2.37. The zero-order valence-corrected chi connectivity index (χ0v) is 14.0. The van der Waals surface area contributed by atoms with Gasteiger partial charge < -0.3 is 10.2 Å². The highest BCUT2D eigenvalue weighted by atomic mass is 32.2. The minimum Gasteiger partial charge on any atom is -0.384 e. The highest BCUT2D eigenvalue weighted by molar-refractivity contribution is 7.98. The Bertz CT molecular complexity index is 448. The number of nitrogens with one attached hydrogen (secondary N) is 1. The molecule has 0 spiro atoms. The molecule has 4 heteroatoms. The molecule has 1 atom stereocenters. The number of hydrogen-bond donors (Lipinski definition) is 1. The van der Waals surface area contributed by atoms with E-state index in [0.29, 0.717) is 0 Å². The number of amides is 1. The molecule has 20 heavy (non-hydrogen) atoms. The van der Waals surface area contributed by atoms with Crippen molar-refractivity contribution in [3.63, 3.8) is 0 Å². The van der Waals surface area contributed by atoms with E-state index >= 15 is 0 Å². The first kappa shape index (κ1) is 16.9. The van der Waals surface area contributed by atoms with E-state index in [0.717, 1.165) is 35.5 Å². The maximum Gasteiger partial charge on any atom is 0.255 e. The third-order valence-electron chi connectivity index (χ3n) is 3.36. The molecule has 0 aromatic heterocycles. The molecule has 0 saturated carbocycles. The summed E-state index contributed by atoms with van der Waals surface area (Å²) in [7, 11) is 1.88. The van der Waals surface area contributed by atoms with Gasteiger partial charge in [-0.05, 0) is 38.7 Å². The highest BCUT2D eigenvalue weighted by Gasteiger charge is 2.20. The SMILES string of the molecule is CCCNc1ccc(C)cc1C(=O)N(C)C(C)CSC. The van der Waals surface area contributed by atoms with Gasteiger partial charge in [-0.2, -0.15) is 11.8 Å². The molecule has 0 fully saturated rings. The Morgan fingerprint density at radius 1 is 1.45 bits per heavy atom. The lowest BCUT2D eigenvalue weighted by molar-refractivity contribution is 0.0758. The van der Waals surface area contributed by atoms with Crippen LogP contribution in [0.1, 0.15) is 36.2 Å². The molecule has 1 rings (SSSR count). The molecule has 0 aliphatic heterocycles. The van der Waals surface area contributed by atoms with Crippen LogP contribution in [0.15, 0.2) is 18.2 Å². The normalized spacial score (nSPS) is 12.1. The summed E-state index contributed by atoms with van der Waals surface area (Å²) in [6.45, 7) is 7.11. The summed E-state index contributed by atoms with van der Waals surface area (Å²) in [6, 6.07) is 6.26. The number of rotatable bonds is 7. The molecule has 0 aliphatic rings. The number of thioether (sulfide) groups is 1. The number of hydrogen-bond acceptors (Lipinski definition) is 3. The van der Waals surface area contributed by atoms with Crippen LogP contribution in [0.2, 0.25) is 0 Å². The monoisotopic (exact) mass is 294 g/mol. The zero-order chi connectivity index (χ0) is 15.1. The van der Waals surface area contributed by atoms with Gasteiger partial charge in [-0.15, -0.1) is 0 Å². The summed E-state index contributed by atoms with van der Waals surface area (Å²) in [6.07, 6.45) is 3.11. The van der Waals surface area contributed by atoms with Gasteiger partial charge in [0.05, 0.1) is 5.56 Å². The molecule has 1 aromatic carbocycles.